The van der Waals surface area contributed by atoms with Crippen molar-refractivity contribution in [3.05, 3.63) is 60.2 Å². The molecule has 0 fully saturated rings. The standard InChI is InChI=1S/C29H36O4SSi/c1-4-31-35(32-5-2,33-6-3)21-9-20-34-27(30)13-8-10-22-14-15-25-17-16-23-11-7-12-24-18-19-26(22)29(25)28(23)24/h7,11-12,14-19H,4-6,8-10,13,20-21H2,1-3H3. The molecule has 6 heteroatoms. The fourth-order valence-electron chi connectivity index (χ4n) is 4.98. The van der Waals surface area contributed by atoms with Crippen molar-refractivity contribution >= 4 is 58.0 Å². The van der Waals surface area contributed by atoms with Crippen LogP contribution in [-0.2, 0) is 24.5 Å². The van der Waals surface area contributed by atoms with Gasteiger partial charge in [0, 0.05) is 38.0 Å². The van der Waals surface area contributed by atoms with E-state index in [2.05, 4.69) is 54.6 Å². The van der Waals surface area contributed by atoms with Gasteiger partial charge in [-0.25, -0.2) is 0 Å². The van der Waals surface area contributed by atoms with E-state index in [0.29, 0.717) is 26.2 Å². The molecule has 0 atom stereocenters. The van der Waals surface area contributed by atoms with Gasteiger partial charge in [-0.2, -0.15) is 0 Å². The van der Waals surface area contributed by atoms with Crippen LogP contribution >= 0.6 is 11.8 Å². The Balaban J connectivity index is 1.31. The third kappa shape index (κ3) is 6.06. The molecular formula is C29H36O4SSi. The van der Waals surface area contributed by atoms with Crippen molar-refractivity contribution in [2.24, 2.45) is 0 Å². The first-order chi connectivity index (χ1) is 17.1. The van der Waals surface area contributed by atoms with Gasteiger partial charge in [-0.15, -0.1) is 0 Å². The average molecular weight is 509 g/mol. The molecule has 4 rings (SSSR count). The molecule has 4 nitrogen and oxygen atoms in total. The normalized spacial score (nSPS) is 12.3. The van der Waals surface area contributed by atoms with E-state index in [9.17, 15) is 4.79 Å². The molecule has 186 valence electrons. The highest BCUT2D eigenvalue weighted by molar-refractivity contribution is 8.13. The van der Waals surface area contributed by atoms with Crippen molar-refractivity contribution in [1.29, 1.82) is 0 Å². The maximum absolute atomic E-state index is 12.6. The lowest BCUT2D eigenvalue weighted by molar-refractivity contribution is -0.111. The van der Waals surface area contributed by atoms with Crippen molar-refractivity contribution in [3.8, 4) is 0 Å². The van der Waals surface area contributed by atoms with E-state index in [1.807, 2.05) is 20.8 Å². The number of carbonyl (C=O) groups excluding carboxylic acids is 1. The Morgan fingerprint density at radius 1 is 0.771 bits per heavy atom. The molecule has 0 aromatic heterocycles. The largest absolute Gasteiger partial charge is 0.500 e. The lowest BCUT2D eigenvalue weighted by Crippen LogP contribution is -2.46. The molecule has 0 radical (unpaired) electrons. The molecule has 0 heterocycles. The van der Waals surface area contributed by atoms with E-state index in [0.717, 1.165) is 31.1 Å². The Hall–Kier alpha value is -1.96. The van der Waals surface area contributed by atoms with Crippen LogP contribution in [0.5, 0.6) is 0 Å². The third-order valence-electron chi connectivity index (χ3n) is 6.43. The predicted molar refractivity (Wildman–Crippen MR) is 151 cm³/mol. The van der Waals surface area contributed by atoms with Gasteiger partial charge < -0.3 is 13.3 Å². The summed E-state index contributed by atoms with van der Waals surface area (Å²) in [6.45, 7) is 7.67. The molecule has 0 aliphatic rings. The van der Waals surface area contributed by atoms with E-state index in [1.165, 1.54) is 49.6 Å². The Labute approximate surface area is 214 Å². The summed E-state index contributed by atoms with van der Waals surface area (Å²) in [5.74, 6) is 0.777. The zero-order chi connectivity index (χ0) is 24.7. The number of rotatable bonds is 14. The number of carbonyl (C=O) groups is 1. The van der Waals surface area contributed by atoms with E-state index in [4.69, 9.17) is 13.3 Å². The number of hydrogen-bond donors (Lipinski definition) is 0. The molecule has 0 spiro atoms. The summed E-state index contributed by atoms with van der Waals surface area (Å²) in [7, 11) is -2.62. The van der Waals surface area contributed by atoms with E-state index >= 15 is 0 Å². The minimum atomic E-state index is -2.62. The van der Waals surface area contributed by atoms with Gasteiger partial charge in [0.2, 0.25) is 0 Å². The van der Waals surface area contributed by atoms with Crippen molar-refractivity contribution in [3.63, 3.8) is 0 Å². The summed E-state index contributed by atoms with van der Waals surface area (Å²) in [4.78, 5) is 12.6. The summed E-state index contributed by atoms with van der Waals surface area (Å²) in [5.41, 5.74) is 1.33. The van der Waals surface area contributed by atoms with Crippen molar-refractivity contribution in [1.82, 2.24) is 0 Å². The first-order valence-corrected chi connectivity index (χ1v) is 15.8. The molecule has 0 saturated heterocycles. The van der Waals surface area contributed by atoms with Crippen LogP contribution in [0.15, 0.2) is 54.6 Å². The maximum atomic E-state index is 12.6. The van der Waals surface area contributed by atoms with Gasteiger partial charge in [0.15, 0.2) is 5.12 Å². The molecule has 0 aliphatic heterocycles. The summed E-state index contributed by atoms with van der Waals surface area (Å²) in [6.07, 6.45) is 3.23. The topological polar surface area (TPSA) is 44.8 Å². The number of thioether (sulfide) groups is 1. The lowest BCUT2D eigenvalue weighted by Gasteiger charge is -2.28. The van der Waals surface area contributed by atoms with Gasteiger partial charge in [0.25, 0.3) is 0 Å². The second-order valence-electron chi connectivity index (χ2n) is 8.74. The molecule has 0 saturated carbocycles. The van der Waals surface area contributed by atoms with E-state index < -0.39 is 8.80 Å². The highest BCUT2D eigenvalue weighted by atomic mass is 32.2. The van der Waals surface area contributed by atoms with Gasteiger partial charge in [-0.3, -0.25) is 4.79 Å². The Kier molecular flexibility index (Phi) is 9.20. The Morgan fingerprint density at radius 3 is 2.03 bits per heavy atom. The first kappa shape index (κ1) is 26.1. The second-order valence-corrected chi connectivity index (χ2v) is 12.6. The highest BCUT2D eigenvalue weighted by Crippen LogP contribution is 2.36. The summed E-state index contributed by atoms with van der Waals surface area (Å²) >= 11 is 1.43. The summed E-state index contributed by atoms with van der Waals surface area (Å²) in [5, 5.41) is 8.13. The van der Waals surface area contributed by atoms with Crippen LogP contribution in [0.2, 0.25) is 6.04 Å². The molecule has 0 N–H and O–H groups in total. The fraction of sp³-hybridized carbons (Fsp3) is 0.414. The van der Waals surface area contributed by atoms with Crippen LogP contribution < -0.4 is 0 Å². The van der Waals surface area contributed by atoms with Gasteiger partial charge in [0.1, 0.15) is 0 Å². The summed E-state index contributed by atoms with van der Waals surface area (Å²) in [6, 6.07) is 20.6. The molecule has 35 heavy (non-hydrogen) atoms. The summed E-state index contributed by atoms with van der Waals surface area (Å²) < 4.78 is 17.7. The molecule has 0 aliphatic carbocycles. The highest BCUT2D eigenvalue weighted by Gasteiger charge is 2.39. The quantitative estimate of drug-likeness (QED) is 0.0996. The predicted octanol–water partition coefficient (Wildman–Crippen LogP) is 7.61. The fourth-order valence-corrected chi connectivity index (χ4v) is 8.66. The molecule has 4 aromatic carbocycles. The molecule has 0 bridgehead atoms. The van der Waals surface area contributed by atoms with Crippen LogP contribution in [-0.4, -0.2) is 39.5 Å². The van der Waals surface area contributed by atoms with Gasteiger partial charge in [0.05, 0.1) is 0 Å². The monoisotopic (exact) mass is 508 g/mol. The van der Waals surface area contributed by atoms with Crippen LogP contribution in [0.3, 0.4) is 0 Å². The van der Waals surface area contributed by atoms with Crippen molar-refractivity contribution in [2.75, 3.05) is 25.6 Å². The molecule has 0 amide bonds. The van der Waals surface area contributed by atoms with Gasteiger partial charge in [-0.05, 0) is 77.9 Å². The smallest absolute Gasteiger partial charge is 0.374 e. The Bertz CT molecular complexity index is 1220. The first-order valence-electron chi connectivity index (χ1n) is 12.8. The molecule has 4 aromatic rings. The average Bonchev–Trinajstić information content (AvgIpc) is 2.86. The van der Waals surface area contributed by atoms with Crippen LogP contribution in [0.1, 0.15) is 45.6 Å². The maximum Gasteiger partial charge on any atom is 0.500 e. The van der Waals surface area contributed by atoms with Crippen LogP contribution in [0.4, 0.5) is 0 Å². The molecule has 0 unspecified atom stereocenters. The van der Waals surface area contributed by atoms with Gasteiger partial charge in [-0.1, -0.05) is 66.4 Å². The Morgan fingerprint density at radius 2 is 1.37 bits per heavy atom. The number of hydrogen-bond acceptors (Lipinski definition) is 5. The lowest BCUT2D eigenvalue weighted by atomic mass is 9.91. The van der Waals surface area contributed by atoms with Crippen LogP contribution in [0.25, 0.3) is 32.3 Å². The van der Waals surface area contributed by atoms with E-state index in [1.54, 1.807) is 0 Å². The number of aryl methyl sites for hydroxylation is 1. The van der Waals surface area contributed by atoms with Crippen LogP contribution in [0, 0.1) is 0 Å². The number of benzene rings is 4. The zero-order valence-corrected chi connectivity index (χ0v) is 22.9. The minimum absolute atomic E-state index is 0.263. The zero-order valence-electron chi connectivity index (χ0n) is 21.1. The van der Waals surface area contributed by atoms with E-state index in [-0.39, 0.29) is 5.12 Å². The third-order valence-corrected chi connectivity index (χ3v) is 10.6. The SMILES string of the molecule is CCO[Si](CCCSC(=O)CCCc1ccc2ccc3cccc4ccc1c2c34)(OCC)OCC. The molecular weight excluding hydrogens is 472 g/mol. The van der Waals surface area contributed by atoms with Crippen molar-refractivity contribution in [2.45, 2.75) is 52.5 Å². The second kappa shape index (κ2) is 12.3. The van der Waals surface area contributed by atoms with Crippen molar-refractivity contribution < 1.29 is 18.1 Å². The van der Waals surface area contributed by atoms with Gasteiger partial charge >= 0.3 is 8.80 Å². The minimum Gasteiger partial charge on any atom is -0.374 e.